The second-order valence-electron chi connectivity index (χ2n) is 5.56. The molecule has 2 fully saturated rings. The molecule has 2 atom stereocenters. The van der Waals surface area contributed by atoms with Crippen LogP contribution in [-0.2, 0) is 14.8 Å². The lowest BCUT2D eigenvalue weighted by Gasteiger charge is -2.23. The molecule has 1 amide bonds. The summed E-state index contributed by atoms with van der Waals surface area (Å²) < 4.78 is 27.0. The van der Waals surface area contributed by atoms with E-state index >= 15 is 0 Å². The van der Waals surface area contributed by atoms with Gasteiger partial charge in [0.1, 0.15) is 0 Å². The first-order valence-electron chi connectivity index (χ1n) is 6.75. The van der Waals surface area contributed by atoms with Gasteiger partial charge in [-0.25, -0.2) is 8.42 Å². The molecule has 5 nitrogen and oxygen atoms in total. The summed E-state index contributed by atoms with van der Waals surface area (Å²) in [6.07, 6.45) is 1.02. The van der Waals surface area contributed by atoms with Crippen molar-refractivity contribution in [3.8, 4) is 0 Å². The summed E-state index contributed by atoms with van der Waals surface area (Å²) in [4.78, 5) is 13.8. The van der Waals surface area contributed by atoms with Crippen LogP contribution in [0.2, 0.25) is 0 Å². The molecule has 1 aromatic rings. The van der Waals surface area contributed by atoms with Gasteiger partial charge >= 0.3 is 0 Å². The molecule has 0 spiro atoms. The maximum atomic E-state index is 12.7. The largest absolute Gasteiger partial charge is 0.341 e. The number of sulfonamides is 1. The minimum Gasteiger partial charge on any atom is -0.341 e. The molecule has 2 aliphatic rings. The van der Waals surface area contributed by atoms with Gasteiger partial charge in [0.25, 0.3) is 0 Å². The van der Waals surface area contributed by atoms with Crippen LogP contribution in [0.3, 0.4) is 0 Å². The number of hydrogen-bond donors (Lipinski definition) is 0. The molecule has 108 valence electrons. The summed E-state index contributed by atoms with van der Waals surface area (Å²) in [5, 5.41) is 0. The fraction of sp³-hybridized carbons (Fsp3) is 0.500. The van der Waals surface area contributed by atoms with E-state index in [1.54, 1.807) is 30.1 Å². The van der Waals surface area contributed by atoms with Crippen LogP contribution < -0.4 is 0 Å². The Kier molecular flexibility index (Phi) is 3.10. The fourth-order valence-corrected chi connectivity index (χ4v) is 4.99. The van der Waals surface area contributed by atoms with E-state index in [2.05, 4.69) is 0 Å². The molecule has 0 aliphatic carbocycles. The predicted octanol–water partition coefficient (Wildman–Crippen LogP) is 0.989. The van der Waals surface area contributed by atoms with Gasteiger partial charge in [-0.2, -0.15) is 4.31 Å². The van der Waals surface area contributed by atoms with Crippen molar-refractivity contribution in [2.24, 2.45) is 0 Å². The number of hydrogen-bond acceptors (Lipinski definition) is 3. The van der Waals surface area contributed by atoms with E-state index in [1.807, 2.05) is 13.0 Å². The Morgan fingerprint density at radius 2 is 2.00 bits per heavy atom. The molecule has 0 N–H and O–H groups in total. The maximum Gasteiger partial charge on any atom is 0.243 e. The first-order valence-corrected chi connectivity index (χ1v) is 8.19. The average molecular weight is 294 g/mol. The third-order valence-electron chi connectivity index (χ3n) is 4.33. The number of nitrogens with zero attached hydrogens (tertiary/aromatic N) is 2. The van der Waals surface area contributed by atoms with E-state index in [0.717, 1.165) is 12.0 Å². The zero-order chi connectivity index (χ0) is 14.5. The van der Waals surface area contributed by atoms with E-state index in [4.69, 9.17) is 0 Å². The first-order chi connectivity index (χ1) is 9.41. The highest BCUT2D eigenvalue weighted by molar-refractivity contribution is 7.89. The molecule has 3 rings (SSSR count). The van der Waals surface area contributed by atoms with Gasteiger partial charge in [-0.3, -0.25) is 4.79 Å². The van der Waals surface area contributed by atoms with Gasteiger partial charge in [-0.1, -0.05) is 12.1 Å². The minimum absolute atomic E-state index is 0.0297. The van der Waals surface area contributed by atoms with Crippen molar-refractivity contribution in [2.45, 2.75) is 36.7 Å². The summed E-state index contributed by atoms with van der Waals surface area (Å²) in [7, 11) is -1.75. The maximum absolute atomic E-state index is 12.7. The van der Waals surface area contributed by atoms with Crippen molar-refractivity contribution in [1.82, 2.24) is 9.21 Å². The Bertz CT molecular complexity index is 656. The Balaban J connectivity index is 1.95. The molecular formula is C14H18N2O3S. The highest BCUT2D eigenvalue weighted by atomic mass is 32.2. The second-order valence-corrected chi connectivity index (χ2v) is 7.45. The first kappa shape index (κ1) is 13.6. The molecule has 2 heterocycles. The number of likely N-dealkylation sites (tertiary alicyclic amines) is 1. The monoisotopic (exact) mass is 294 g/mol. The van der Waals surface area contributed by atoms with Gasteiger partial charge in [0.15, 0.2) is 0 Å². The number of aryl methyl sites for hydroxylation is 1. The predicted molar refractivity (Wildman–Crippen MR) is 74.7 cm³/mol. The quantitative estimate of drug-likeness (QED) is 0.817. The van der Waals surface area contributed by atoms with Crippen molar-refractivity contribution in [2.75, 3.05) is 13.6 Å². The zero-order valence-electron chi connectivity index (χ0n) is 11.6. The SMILES string of the molecule is Cc1cccc(S(=O)(=O)N2CC[C@@H]3[C@@H]2CC(=O)N3C)c1. The van der Waals surface area contributed by atoms with E-state index in [1.165, 1.54) is 4.31 Å². The van der Waals surface area contributed by atoms with Gasteiger partial charge in [0.05, 0.1) is 10.9 Å². The van der Waals surface area contributed by atoms with Crippen molar-refractivity contribution in [3.63, 3.8) is 0 Å². The standard InChI is InChI=1S/C14H18N2O3S/c1-10-4-3-5-11(8-10)20(18,19)16-7-6-12-13(16)9-14(17)15(12)2/h3-5,8,12-13H,6-7,9H2,1-2H3/t12-,13+/m1/s1. The summed E-state index contributed by atoms with van der Waals surface area (Å²) in [5.74, 6) is 0.0316. The summed E-state index contributed by atoms with van der Waals surface area (Å²) in [5.41, 5.74) is 0.918. The molecule has 0 saturated carbocycles. The van der Waals surface area contributed by atoms with Crippen LogP contribution in [0.4, 0.5) is 0 Å². The third kappa shape index (κ3) is 1.94. The number of fused-ring (bicyclic) bond motifs is 1. The molecule has 2 saturated heterocycles. The van der Waals surface area contributed by atoms with E-state index in [0.29, 0.717) is 17.9 Å². The van der Waals surface area contributed by atoms with Crippen molar-refractivity contribution < 1.29 is 13.2 Å². The molecule has 6 heteroatoms. The number of carbonyl (C=O) groups excluding carboxylic acids is 1. The number of benzene rings is 1. The topological polar surface area (TPSA) is 57.7 Å². The van der Waals surface area contributed by atoms with Crippen LogP contribution in [0.5, 0.6) is 0 Å². The van der Waals surface area contributed by atoms with E-state index in [9.17, 15) is 13.2 Å². The van der Waals surface area contributed by atoms with Crippen molar-refractivity contribution in [1.29, 1.82) is 0 Å². The van der Waals surface area contributed by atoms with E-state index < -0.39 is 10.0 Å². The fourth-order valence-electron chi connectivity index (χ4n) is 3.22. The van der Waals surface area contributed by atoms with Crippen LogP contribution in [0.25, 0.3) is 0 Å². The van der Waals surface area contributed by atoms with Gasteiger partial charge in [0.2, 0.25) is 15.9 Å². The molecule has 1 aromatic carbocycles. The summed E-state index contributed by atoms with van der Waals surface area (Å²) >= 11 is 0. The third-order valence-corrected chi connectivity index (χ3v) is 6.25. The number of carbonyl (C=O) groups is 1. The van der Waals surface area contributed by atoms with Crippen LogP contribution in [0.1, 0.15) is 18.4 Å². The van der Waals surface area contributed by atoms with Crippen LogP contribution in [-0.4, -0.2) is 49.2 Å². The second kappa shape index (κ2) is 4.56. The van der Waals surface area contributed by atoms with E-state index in [-0.39, 0.29) is 18.0 Å². The minimum atomic E-state index is -3.51. The average Bonchev–Trinajstić information content (AvgIpc) is 2.92. The Labute approximate surface area is 119 Å². The normalized spacial score (nSPS) is 27.1. The van der Waals surface area contributed by atoms with Crippen LogP contribution in [0.15, 0.2) is 29.2 Å². The Morgan fingerprint density at radius 3 is 2.70 bits per heavy atom. The lowest BCUT2D eigenvalue weighted by Crippen LogP contribution is -2.38. The highest BCUT2D eigenvalue weighted by Crippen LogP contribution is 2.35. The Morgan fingerprint density at radius 1 is 1.25 bits per heavy atom. The smallest absolute Gasteiger partial charge is 0.243 e. The molecule has 2 aliphatic heterocycles. The lowest BCUT2D eigenvalue weighted by atomic mass is 10.1. The lowest BCUT2D eigenvalue weighted by molar-refractivity contribution is -0.127. The van der Waals surface area contributed by atoms with Crippen molar-refractivity contribution >= 4 is 15.9 Å². The van der Waals surface area contributed by atoms with Gasteiger partial charge < -0.3 is 4.90 Å². The molecule has 0 aromatic heterocycles. The number of rotatable bonds is 2. The summed E-state index contributed by atoms with van der Waals surface area (Å²) in [6, 6.07) is 6.75. The Hall–Kier alpha value is -1.40. The zero-order valence-corrected chi connectivity index (χ0v) is 12.4. The van der Waals surface area contributed by atoms with Crippen LogP contribution >= 0.6 is 0 Å². The number of amides is 1. The van der Waals surface area contributed by atoms with Gasteiger partial charge in [-0.15, -0.1) is 0 Å². The van der Waals surface area contributed by atoms with Crippen molar-refractivity contribution in [3.05, 3.63) is 29.8 Å². The summed E-state index contributed by atoms with van der Waals surface area (Å²) in [6.45, 7) is 2.36. The molecule has 0 unspecified atom stereocenters. The molecular weight excluding hydrogens is 276 g/mol. The molecule has 0 bridgehead atoms. The number of likely N-dealkylation sites (N-methyl/N-ethyl adjacent to an activating group) is 1. The van der Waals surface area contributed by atoms with Crippen LogP contribution in [0, 0.1) is 6.92 Å². The highest BCUT2D eigenvalue weighted by Gasteiger charge is 2.49. The molecule has 20 heavy (non-hydrogen) atoms. The van der Waals surface area contributed by atoms with Gasteiger partial charge in [0, 0.05) is 26.1 Å². The van der Waals surface area contributed by atoms with Gasteiger partial charge in [-0.05, 0) is 31.0 Å². The molecule has 0 radical (unpaired) electrons.